The Morgan fingerprint density at radius 3 is 2.76 bits per heavy atom. The molecule has 2 amide bonds. The highest BCUT2D eigenvalue weighted by Gasteiger charge is 2.25. The number of H-pyrrole nitrogens is 1. The molecule has 3 N–H and O–H groups in total. The van der Waals surface area contributed by atoms with E-state index in [-0.39, 0.29) is 12.6 Å². The number of hydrogen-bond donors (Lipinski definition) is 3. The summed E-state index contributed by atoms with van der Waals surface area (Å²) < 4.78 is 0. The van der Waals surface area contributed by atoms with Crippen LogP contribution in [0, 0.1) is 5.92 Å². The van der Waals surface area contributed by atoms with Gasteiger partial charge in [0.05, 0.1) is 12.1 Å². The van der Waals surface area contributed by atoms with Gasteiger partial charge >= 0.3 is 12.0 Å². The van der Waals surface area contributed by atoms with Gasteiger partial charge in [-0.25, -0.2) is 4.79 Å². The number of urea groups is 1. The fraction of sp³-hybridized carbons (Fsp3) is 0.643. The smallest absolute Gasteiger partial charge is 0.317 e. The largest absolute Gasteiger partial charge is 0.481 e. The van der Waals surface area contributed by atoms with Gasteiger partial charge in [-0.2, -0.15) is 5.10 Å². The van der Waals surface area contributed by atoms with Gasteiger partial charge in [0.2, 0.25) is 0 Å². The number of carboxylic acids is 1. The molecule has 1 atom stereocenters. The summed E-state index contributed by atoms with van der Waals surface area (Å²) in [6.07, 6.45) is 6.06. The number of aromatic nitrogens is 2. The Labute approximate surface area is 123 Å². The van der Waals surface area contributed by atoms with Crippen LogP contribution in [-0.4, -0.2) is 51.8 Å². The highest BCUT2D eigenvalue weighted by Crippen LogP contribution is 2.26. The van der Waals surface area contributed by atoms with E-state index in [4.69, 9.17) is 5.11 Å². The summed E-state index contributed by atoms with van der Waals surface area (Å²) in [5.74, 6) is -0.941. The first-order valence-electron chi connectivity index (χ1n) is 7.36. The Balaban J connectivity index is 1.76. The van der Waals surface area contributed by atoms with Gasteiger partial charge < -0.3 is 15.3 Å². The van der Waals surface area contributed by atoms with Crippen molar-refractivity contribution in [2.45, 2.75) is 32.1 Å². The Morgan fingerprint density at radius 2 is 2.24 bits per heavy atom. The monoisotopic (exact) mass is 294 g/mol. The van der Waals surface area contributed by atoms with Crippen molar-refractivity contribution in [3.8, 4) is 0 Å². The van der Waals surface area contributed by atoms with E-state index in [9.17, 15) is 9.59 Å². The minimum absolute atomic E-state index is 0.166. The van der Waals surface area contributed by atoms with Crippen molar-refractivity contribution in [3.05, 3.63) is 18.0 Å². The van der Waals surface area contributed by atoms with Crippen molar-refractivity contribution >= 4 is 12.0 Å². The maximum atomic E-state index is 12.0. The molecule has 2 rings (SSSR count). The molecule has 116 valence electrons. The molecule has 0 bridgehead atoms. The number of carboxylic acid groups (broad SMARTS) is 1. The predicted molar refractivity (Wildman–Crippen MR) is 77.0 cm³/mol. The van der Waals surface area contributed by atoms with Gasteiger partial charge in [-0.15, -0.1) is 0 Å². The van der Waals surface area contributed by atoms with Crippen molar-refractivity contribution in [1.82, 2.24) is 20.4 Å². The molecule has 2 heterocycles. The topological polar surface area (TPSA) is 98.3 Å². The van der Waals surface area contributed by atoms with Crippen LogP contribution >= 0.6 is 0 Å². The summed E-state index contributed by atoms with van der Waals surface area (Å²) >= 11 is 0. The third kappa shape index (κ3) is 3.96. The van der Waals surface area contributed by atoms with Gasteiger partial charge in [0, 0.05) is 25.8 Å². The number of likely N-dealkylation sites (tertiary alicyclic amines) is 1. The number of carbonyl (C=O) groups is 2. The van der Waals surface area contributed by atoms with Crippen molar-refractivity contribution in [2.75, 3.05) is 19.6 Å². The summed E-state index contributed by atoms with van der Waals surface area (Å²) in [7, 11) is 0. The van der Waals surface area contributed by atoms with E-state index >= 15 is 0 Å². The molecule has 7 heteroatoms. The van der Waals surface area contributed by atoms with E-state index in [1.807, 2.05) is 12.4 Å². The minimum Gasteiger partial charge on any atom is -0.481 e. The molecule has 1 saturated heterocycles. The molecule has 1 unspecified atom stereocenters. The van der Waals surface area contributed by atoms with Gasteiger partial charge in [0.1, 0.15) is 0 Å². The summed E-state index contributed by atoms with van der Waals surface area (Å²) in [6, 6.07) is -0.166. The number of amides is 2. The van der Waals surface area contributed by atoms with Crippen LogP contribution < -0.4 is 5.32 Å². The number of rotatable bonds is 5. The van der Waals surface area contributed by atoms with Crippen molar-refractivity contribution in [1.29, 1.82) is 0 Å². The highest BCUT2D eigenvalue weighted by atomic mass is 16.4. The Hall–Kier alpha value is -2.05. The molecule has 1 aromatic rings. The summed E-state index contributed by atoms with van der Waals surface area (Å²) in [5, 5.41) is 18.5. The molecule has 1 fully saturated rings. The molecule has 0 saturated carbocycles. The van der Waals surface area contributed by atoms with Gasteiger partial charge in [-0.3, -0.25) is 9.89 Å². The zero-order chi connectivity index (χ0) is 15.2. The van der Waals surface area contributed by atoms with Crippen LogP contribution in [0.4, 0.5) is 4.79 Å². The van der Waals surface area contributed by atoms with E-state index in [1.54, 1.807) is 11.8 Å². The zero-order valence-electron chi connectivity index (χ0n) is 12.2. The molecule has 21 heavy (non-hydrogen) atoms. The first kappa shape index (κ1) is 15.3. The number of aromatic amines is 1. The van der Waals surface area contributed by atoms with Crippen LogP contribution in [0.2, 0.25) is 0 Å². The van der Waals surface area contributed by atoms with Crippen LogP contribution in [0.3, 0.4) is 0 Å². The van der Waals surface area contributed by atoms with E-state index in [0.29, 0.717) is 25.4 Å². The molecular weight excluding hydrogens is 272 g/mol. The minimum atomic E-state index is -0.864. The third-order valence-electron chi connectivity index (χ3n) is 4.11. The lowest BCUT2D eigenvalue weighted by Crippen LogP contribution is -2.46. The molecule has 0 spiro atoms. The summed E-state index contributed by atoms with van der Waals surface area (Å²) in [6.45, 7) is 3.37. The third-order valence-corrected chi connectivity index (χ3v) is 4.11. The lowest BCUT2D eigenvalue weighted by atomic mass is 9.92. The number of hydrogen-bond acceptors (Lipinski definition) is 3. The second-order valence-corrected chi connectivity index (χ2v) is 5.42. The normalized spacial score (nSPS) is 17.5. The van der Waals surface area contributed by atoms with E-state index in [2.05, 4.69) is 15.5 Å². The van der Waals surface area contributed by atoms with Gasteiger partial charge in [-0.05, 0) is 30.7 Å². The average Bonchev–Trinajstić information content (AvgIpc) is 3.01. The first-order chi connectivity index (χ1) is 10.1. The molecule has 0 radical (unpaired) electrons. The van der Waals surface area contributed by atoms with Crippen LogP contribution in [0.15, 0.2) is 12.4 Å². The maximum Gasteiger partial charge on any atom is 0.317 e. The Bertz CT molecular complexity index is 467. The molecule has 0 aromatic carbocycles. The molecule has 1 aromatic heterocycles. The molecule has 0 aliphatic carbocycles. The van der Waals surface area contributed by atoms with Gasteiger partial charge in [0.15, 0.2) is 0 Å². The molecule has 1 aliphatic heterocycles. The lowest BCUT2D eigenvalue weighted by molar-refractivity contribution is -0.141. The zero-order valence-corrected chi connectivity index (χ0v) is 12.2. The van der Waals surface area contributed by atoms with Gasteiger partial charge in [0.25, 0.3) is 0 Å². The molecule has 1 aliphatic rings. The van der Waals surface area contributed by atoms with Crippen LogP contribution in [-0.2, 0) is 4.79 Å². The number of piperidine rings is 1. The van der Waals surface area contributed by atoms with Crippen LogP contribution in [0.1, 0.15) is 37.7 Å². The number of nitrogens with zero attached hydrogens (tertiary/aromatic N) is 2. The lowest BCUT2D eigenvalue weighted by Gasteiger charge is -2.31. The van der Waals surface area contributed by atoms with Crippen LogP contribution in [0.25, 0.3) is 0 Å². The molecule has 7 nitrogen and oxygen atoms in total. The van der Waals surface area contributed by atoms with E-state index in [1.165, 1.54) is 5.56 Å². The molecular formula is C14H22N4O3. The van der Waals surface area contributed by atoms with Crippen molar-refractivity contribution in [2.24, 2.45) is 5.92 Å². The van der Waals surface area contributed by atoms with Crippen molar-refractivity contribution < 1.29 is 14.7 Å². The Kier molecular flexibility index (Phi) is 5.19. The quantitative estimate of drug-likeness (QED) is 0.764. The summed E-state index contributed by atoms with van der Waals surface area (Å²) in [4.78, 5) is 24.7. The van der Waals surface area contributed by atoms with Gasteiger partial charge in [-0.1, -0.05) is 6.92 Å². The number of carbonyl (C=O) groups excluding carboxylic acids is 1. The van der Waals surface area contributed by atoms with E-state index < -0.39 is 11.9 Å². The Morgan fingerprint density at radius 1 is 1.52 bits per heavy atom. The fourth-order valence-electron chi connectivity index (χ4n) is 2.63. The van der Waals surface area contributed by atoms with Crippen LogP contribution in [0.5, 0.6) is 0 Å². The summed E-state index contributed by atoms with van der Waals surface area (Å²) in [5.41, 5.74) is 1.19. The second kappa shape index (κ2) is 7.10. The maximum absolute atomic E-state index is 12.0. The first-order valence-corrected chi connectivity index (χ1v) is 7.36. The average molecular weight is 294 g/mol. The van der Waals surface area contributed by atoms with E-state index in [0.717, 1.165) is 12.8 Å². The fourth-order valence-corrected chi connectivity index (χ4v) is 2.63. The van der Waals surface area contributed by atoms with Crippen molar-refractivity contribution in [3.63, 3.8) is 0 Å². The number of nitrogens with one attached hydrogen (secondary N) is 2. The predicted octanol–water partition coefficient (Wildman–Crippen LogP) is 1.41. The standard InChI is InChI=1S/C14H22N4O3/c1-2-10(13(19)20)7-15-14(21)18-5-3-11(4-6-18)12-8-16-17-9-12/h8-11H,2-7H2,1H3,(H,15,21)(H,16,17)(H,19,20). The SMILES string of the molecule is CCC(CNC(=O)N1CCC(c2cn[nH]c2)CC1)C(=O)O. The number of aliphatic carboxylic acids is 1. The highest BCUT2D eigenvalue weighted by molar-refractivity contribution is 5.76. The second-order valence-electron chi connectivity index (χ2n) is 5.42.